The average Bonchev–Trinajstić information content (AvgIpc) is 2.60. The van der Waals surface area contributed by atoms with Gasteiger partial charge in [-0.2, -0.15) is 0 Å². The van der Waals surface area contributed by atoms with Gasteiger partial charge in [0.05, 0.1) is 6.61 Å². The number of aldehydes is 1. The third kappa shape index (κ3) is 3.28. The first kappa shape index (κ1) is 17.5. The van der Waals surface area contributed by atoms with Gasteiger partial charge in [0, 0.05) is 28.8 Å². The Morgan fingerprint density at radius 3 is 2.60 bits per heavy atom. The first-order chi connectivity index (χ1) is 11.9. The molecule has 1 saturated heterocycles. The maximum atomic E-state index is 11.5. The van der Waals surface area contributed by atoms with Crippen molar-refractivity contribution >= 4 is 22.9 Å². The molecule has 3 rings (SSSR count). The molecule has 5 N–H and O–H groups in total. The van der Waals surface area contributed by atoms with E-state index in [1.165, 1.54) is 6.07 Å². The van der Waals surface area contributed by atoms with Crippen molar-refractivity contribution in [2.75, 3.05) is 11.9 Å². The van der Waals surface area contributed by atoms with E-state index >= 15 is 0 Å². The number of aliphatic hydroxyl groups is 4. The topological polar surface area (TPSA) is 149 Å². The van der Waals surface area contributed by atoms with Crippen molar-refractivity contribution in [1.82, 2.24) is 0 Å². The van der Waals surface area contributed by atoms with Gasteiger partial charge in [-0.1, -0.05) is 0 Å². The maximum absolute atomic E-state index is 11.5. The van der Waals surface area contributed by atoms with E-state index in [4.69, 9.17) is 14.3 Å². The van der Waals surface area contributed by atoms with Crippen LogP contribution >= 0.6 is 0 Å². The second kappa shape index (κ2) is 6.90. The van der Waals surface area contributed by atoms with Crippen molar-refractivity contribution in [1.29, 1.82) is 0 Å². The summed E-state index contributed by atoms with van der Waals surface area (Å²) in [5, 5.41) is 42.3. The van der Waals surface area contributed by atoms with Gasteiger partial charge in [0.15, 0.2) is 12.6 Å². The molecule has 0 aliphatic carbocycles. The highest BCUT2D eigenvalue weighted by molar-refractivity contribution is 5.96. The van der Waals surface area contributed by atoms with E-state index in [-0.39, 0.29) is 11.1 Å². The lowest BCUT2D eigenvalue weighted by atomic mass is 9.96. The minimum absolute atomic E-state index is 0.147. The van der Waals surface area contributed by atoms with E-state index in [1.54, 1.807) is 12.1 Å². The fourth-order valence-corrected chi connectivity index (χ4v) is 2.82. The van der Waals surface area contributed by atoms with Crippen LogP contribution in [-0.2, 0) is 4.74 Å². The number of rotatable bonds is 4. The minimum atomic E-state index is -1.49. The highest BCUT2D eigenvalue weighted by Crippen LogP contribution is 2.25. The Balaban J connectivity index is 1.90. The summed E-state index contributed by atoms with van der Waals surface area (Å²) in [6.07, 6.45) is -4.86. The van der Waals surface area contributed by atoms with E-state index in [1.807, 2.05) is 0 Å². The lowest BCUT2D eigenvalue weighted by Crippen LogP contribution is -2.61. The molecule has 5 atom stereocenters. The quantitative estimate of drug-likeness (QED) is 0.339. The SMILES string of the molecule is O=Cc1cc(=O)oc2cc(NC3[C@H](O)OC(CO)[C@@H](O)[C@@H]3O)ccc12. The molecule has 1 aliphatic rings. The second-order valence-corrected chi connectivity index (χ2v) is 5.75. The molecule has 2 unspecified atom stereocenters. The van der Waals surface area contributed by atoms with Crippen molar-refractivity contribution in [3.63, 3.8) is 0 Å². The minimum Gasteiger partial charge on any atom is -0.423 e. The normalized spacial score (nSPS) is 29.5. The van der Waals surface area contributed by atoms with Crippen LogP contribution in [0.25, 0.3) is 11.0 Å². The molecule has 0 radical (unpaired) electrons. The second-order valence-electron chi connectivity index (χ2n) is 5.75. The Hall–Kier alpha value is -2.30. The van der Waals surface area contributed by atoms with E-state index in [0.717, 1.165) is 6.07 Å². The van der Waals surface area contributed by atoms with Crippen LogP contribution in [0.1, 0.15) is 10.4 Å². The van der Waals surface area contributed by atoms with Crippen molar-refractivity contribution < 1.29 is 34.4 Å². The molecule has 0 amide bonds. The fourth-order valence-electron chi connectivity index (χ4n) is 2.82. The molecule has 0 saturated carbocycles. The Kier molecular flexibility index (Phi) is 4.84. The molecule has 2 heterocycles. The number of fused-ring (bicyclic) bond motifs is 1. The number of ether oxygens (including phenoxy) is 1. The Bertz CT molecular complexity index is 834. The third-order valence-electron chi connectivity index (χ3n) is 4.14. The van der Waals surface area contributed by atoms with Gasteiger partial charge in [-0.3, -0.25) is 4.79 Å². The fraction of sp³-hybridized carbons (Fsp3) is 0.375. The predicted molar refractivity (Wildman–Crippen MR) is 85.3 cm³/mol. The standard InChI is InChI=1S/C16H17NO8/c18-5-7-3-12(20)24-10-4-8(1-2-9(7)10)17-13-15(22)14(21)11(6-19)25-16(13)23/h1-5,11,13-17,19,21-23H,6H2/t11?,13?,14-,15-,16-/m1/s1. The van der Waals surface area contributed by atoms with Crippen LogP contribution in [0.5, 0.6) is 0 Å². The molecule has 0 spiro atoms. The van der Waals surface area contributed by atoms with Crippen molar-refractivity contribution in [2.45, 2.75) is 30.6 Å². The summed E-state index contributed by atoms with van der Waals surface area (Å²) in [7, 11) is 0. The third-order valence-corrected chi connectivity index (χ3v) is 4.14. The molecule has 1 fully saturated rings. The number of carbonyl (C=O) groups excluding carboxylic acids is 1. The molecule has 1 aromatic carbocycles. The highest BCUT2D eigenvalue weighted by Gasteiger charge is 2.43. The molecular weight excluding hydrogens is 334 g/mol. The summed E-state index contributed by atoms with van der Waals surface area (Å²) in [6.45, 7) is -0.558. The molecular formula is C16H17NO8. The van der Waals surface area contributed by atoms with Crippen LogP contribution in [0.15, 0.2) is 33.5 Å². The summed E-state index contributed by atoms with van der Waals surface area (Å²) in [4.78, 5) is 22.5. The lowest BCUT2D eigenvalue weighted by Gasteiger charge is -2.40. The first-order valence-electron chi connectivity index (χ1n) is 7.54. The highest BCUT2D eigenvalue weighted by atomic mass is 16.6. The van der Waals surface area contributed by atoms with Gasteiger partial charge in [0.2, 0.25) is 0 Å². The molecule has 1 aliphatic heterocycles. The van der Waals surface area contributed by atoms with Gasteiger partial charge in [-0.25, -0.2) is 4.79 Å². The monoisotopic (exact) mass is 351 g/mol. The zero-order valence-electron chi connectivity index (χ0n) is 12.9. The van der Waals surface area contributed by atoms with Gasteiger partial charge in [-0.05, 0) is 12.1 Å². The van der Waals surface area contributed by atoms with E-state index in [0.29, 0.717) is 17.4 Å². The maximum Gasteiger partial charge on any atom is 0.336 e. The number of aliphatic hydroxyl groups excluding tert-OH is 4. The summed E-state index contributed by atoms with van der Waals surface area (Å²) in [5.74, 6) is 0. The van der Waals surface area contributed by atoms with Crippen LogP contribution in [0.4, 0.5) is 5.69 Å². The van der Waals surface area contributed by atoms with Gasteiger partial charge >= 0.3 is 5.63 Å². The average molecular weight is 351 g/mol. The van der Waals surface area contributed by atoms with Crippen molar-refractivity contribution in [3.8, 4) is 0 Å². The molecule has 2 aromatic rings. The summed E-state index contributed by atoms with van der Waals surface area (Å²) < 4.78 is 10.1. The zero-order chi connectivity index (χ0) is 18.1. The number of hydrogen-bond donors (Lipinski definition) is 5. The Morgan fingerprint density at radius 1 is 1.16 bits per heavy atom. The largest absolute Gasteiger partial charge is 0.423 e. The Morgan fingerprint density at radius 2 is 1.92 bits per heavy atom. The lowest BCUT2D eigenvalue weighted by molar-refractivity contribution is -0.245. The molecule has 25 heavy (non-hydrogen) atoms. The van der Waals surface area contributed by atoms with Crippen LogP contribution in [-0.4, -0.2) is 64.0 Å². The zero-order valence-corrected chi connectivity index (χ0v) is 12.9. The molecule has 9 heteroatoms. The smallest absolute Gasteiger partial charge is 0.336 e. The summed E-state index contributed by atoms with van der Waals surface area (Å²) >= 11 is 0. The number of anilines is 1. The Labute approximate surface area is 141 Å². The van der Waals surface area contributed by atoms with E-state index in [2.05, 4.69) is 5.32 Å². The number of nitrogens with one attached hydrogen (secondary N) is 1. The summed E-state index contributed by atoms with van der Waals surface area (Å²) in [5.41, 5.74) is 0.00301. The van der Waals surface area contributed by atoms with Crippen LogP contribution in [0, 0.1) is 0 Å². The van der Waals surface area contributed by atoms with Gasteiger partial charge < -0.3 is 34.9 Å². The molecule has 9 nitrogen and oxygen atoms in total. The van der Waals surface area contributed by atoms with Gasteiger partial charge in [0.1, 0.15) is 29.9 Å². The van der Waals surface area contributed by atoms with Gasteiger partial charge in [0.25, 0.3) is 0 Å². The molecule has 134 valence electrons. The number of benzene rings is 1. The summed E-state index contributed by atoms with van der Waals surface area (Å²) in [6, 6.07) is 4.51. The first-order valence-corrected chi connectivity index (χ1v) is 7.54. The number of hydrogen-bond acceptors (Lipinski definition) is 9. The van der Waals surface area contributed by atoms with E-state index in [9.17, 15) is 24.9 Å². The van der Waals surface area contributed by atoms with Crippen LogP contribution in [0.2, 0.25) is 0 Å². The number of carbonyl (C=O) groups is 1. The van der Waals surface area contributed by atoms with Crippen LogP contribution < -0.4 is 10.9 Å². The van der Waals surface area contributed by atoms with Crippen molar-refractivity contribution in [2.24, 2.45) is 0 Å². The van der Waals surface area contributed by atoms with E-state index < -0.39 is 42.9 Å². The molecule has 0 bridgehead atoms. The van der Waals surface area contributed by atoms with Crippen LogP contribution in [0.3, 0.4) is 0 Å². The van der Waals surface area contributed by atoms with Crippen molar-refractivity contribution in [3.05, 3.63) is 40.2 Å². The predicted octanol–water partition coefficient (Wildman–Crippen LogP) is -1.18. The van der Waals surface area contributed by atoms with Gasteiger partial charge in [-0.15, -0.1) is 0 Å². The molecule has 1 aromatic heterocycles.